The van der Waals surface area contributed by atoms with Crippen molar-refractivity contribution >= 4 is 0 Å². The van der Waals surface area contributed by atoms with Crippen molar-refractivity contribution in [3.8, 4) is 5.75 Å². The summed E-state index contributed by atoms with van der Waals surface area (Å²) in [5.41, 5.74) is 1.20. The molecule has 19 heavy (non-hydrogen) atoms. The molecule has 0 radical (unpaired) electrons. The molecule has 0 amide bonds. The smallest absolute Gasteiger partial charge is 0.123 e. The van der Waals surface area contributed by atoms with Gasteiger partial charge in [-0.2, -0.15) is 0 Å². The summed E-state index contributed by atoms with van der Waals surface area (Å²) < 4.78 is 11.3. The zero-order chi connectivity index (χ0) is 13.9. The summed E-state index contributed by atoms with van der Waals surface area (Å²) in [5.74, 6) is 1.65. The Balaban J connectivity index is 2.24. The van der Waals surface area contributed by atoms with E-state index in [1.807, 2.05) is 18.2 Å². The summed E-state index contributed by atoms with van der Waals surface area (Å²) >= 11 is 0. The number of rotatable bonds is 10. The lowest BCUT2D eigenvalue weighted by Gasteiger charge is -2.12. The Hall–Kier alpha value is -1.06. The van der Waals surface area contributed by atoms with Crippen LogP contribution in [0.15, 0.2) is 24.3 Å². The van der Waals surface area contributed by atoms with Gasteiger partial charge in [0.05, 0.1) is 6.61 Å². The highest BCUT2D eigenvalue weighted by Crippen LogP contribution is 2.17. The molecule has 1 aromatic carbocycles. The molecule has 0 fully saturated rings. The third kappa shape index (κ3) is 7.19. The standard InChI is InChI=1S/C16H27NO2/c1-4-17-13-15-7-5-6-8-16(15)19-12-11-18-10-9-14(2)3/h5-8,14,17H,4,9-13H2,1-3H3. The molecule has 1 aromatic rings. The third-order valence-electron chi connectivity index (χ3n) is 2.86. The quantitative estimate of drug-likeness (QED) is 0.659. The van der Waals surface area contributed by atoms with Crippen molar-refractivity contribution in [1.82, 2.24) is 5.32 Å². The molecule has 108 valence electrons. The van der Waals surface area contributed by atoms with Crippen LogP contribution in [0.5, 0.6) is 5.75 Å². The topological polar surface area (TPSA) is 30.5 Å². The lowest BCUT2D eigenvalue weighted by atomic mass is 10.1. The molecule has 0 spiro atoms. The molecular formula is C16H27NO2. The summed E-state index contributed by atoms with van der Waals surface area (Å²) in [6, 6.07) is 8.15. The Kier molecular flexibility index (Phi) is 8.26. The fraction of sp³-hybridized carbons (Fsp3) is 0.625. The van der Waals surface area contributed by atoms with Crippen LogP contribution in [-0.4, -0.2) is 26.4 Å². The first-order chi connectivity index (χ1) is 9.24. The van der Waals surface area contributed by atoms with Crippen molar-refractivity contribution in [2.45, 2.75) is 33.7 Å². The fourth-order valence-electron chi connectivity index (χ4n) is 1.68. The Labute approximate surface area is 117 Å². The van der Waals surface area contributed by atoms with Gasteiger partial charge < -0.3 is 14.8 Å². The molecule has 0 bridgehead atoms. The second kappa shape index (κ2) is 9.82. The zero-order valence-electron chi connectivity index (χ0n) is 12.4. The van der Waals surface area contributed by atoms with Crippen LogP contribution in [0.2, 0.25) is 0 Å². The van der Waals surface area contributed by atoms with Crippen molar-refractivity contribution < 1.29 is 9.47 Å². The van der Waals surface area contributed by atoms with E-state index in [0.29, 0.717) is 19.1 Å². The van der Waals surface area contributed by atoms with Gasteiger partial charge in [0.25, 0.3) is 0 Å². The lowest BCUT2D eigenvalue weighted by Crippen LogP contribution is -2.14. The van der Waals surface area contributed by atoms with Gasteiger partial charge in [-0.15, -0.1) is 0 Å². The highest BCUT2D eigenvalue weighted by Gasteiger charge is 2.02. The van der Waals surface area contributed by atoms with Crippen molar-refractivity contribution in [2.24, 2.45) is 5.92 Å². The highest BCUT2D eigenvalue weighted by atomic mass is 16.5. The molecule has 1 rings (SSSR count). The molecule has 0 aliphatic carbocycles. The SMILES string of the molecule is CCNCc1ccccc1OCCOCCC(C)C. The summed E-state index contributed by atoms with van der Waals surface area (Å²) in [6.07, 6.45) is 1.11. The van der Waals surface area contributed by atoms with Crippen LogP contribution in [0.4, 0.5) is 0 Å². The van der Waals surface area contributed by atoms with Gasteiger partial charge in [-0.05, 0) is 24.9 Å². The Bertz CT molecular complexity index is 339. The second-order valence-corrected chi connectivity index (χ2v) is 5.03. The summed E-state index contributed by atoms with van der Waals surface area (Å²) in [5, 5.41) is 3.32. The van der Waals surface area contributed by atoms with Gasteiger partial charge in [0.15, 0.2) is 0 Å². The summed E-state index contributed by atoms with van der Waals surface area (Å²) in [6.45, 7) is 10.4. The number of nitrogens with one attached hydrogen (secondary N) is 1. The van der Waals surface area contributed by atoms with E-state index in [0.717, 1.165) is 31.9 Å². The third-order valence-corrected chi connectivity index (χ3v) is 2.86. The average molecular weight is 265 g/mol. The van der Waals surface area contributed by atoms with Crippen LogP contribution in [-0.2, 0) is 11.3 Å². The Morgan fingerprint density at radius 3 is 2.63 bits per heavy atom. The molecule has 0 heterocycles. The molecular weight excluding hydrogens is 238 g/mol. The first-order valence-electron chi connectivity index (χ1n) is 7.23. The maximum atomic E-state index is 5.78. The fourth-order valence-corrected chi connectivity index (χ4v) is 1.68. The normalized spacial score (nSPS) is 10.9. The molecule has 0 unspecified atom stereocenters. The van der Waals surface area contributed by atoms with Gasteiger partial charge in [-0.1, -0.05) is 39.0 Å². The zero-order valence-corrected chi connectivity index (χ0v) is 12.4. The molecule has 3 heteroatoms. The molecule has 0 aromatic heterocycles. The van der Waals surface area contributed by atoms with Gasteiger partial charge in [0, 0.05) is 18.7 Å². The predicted octanol–water partition coefficient (Wildman–Crippen LogP) is 3.24. The lowest BCUT2D eigenvalue weighted by molar-refractivity contribution is 0.0922. The number of hydrogen-bond donors (Lipinski definition) is 1. The van der Waals surface area contributed by atoms with Gasteiger partial charge in [-0.25, -0.2) is 0 Å². The molecule has 1 N–H and O–H groups in total. The second-order valence-electron chi connectivity index (χ2n) is 5.03. The van der Waals surface area contributed by atoms with Crippen LogP contribution >= 0.6 is 0 Å². The number of para-hydroxylation sites is 1. The average Bonchev–Trinajstić information content (AvgIpc) is 2.41. The molecule has 0 aliphatic rings. The number of hydrogen-bond acceptors (Lipinski definition) is 3. The van der Waals surface area contributed by atoms with Gasteiger partial charge in [-0.3, -0.25) is 0 Å². The van der Waals surface area contributed by atoms with Crippen molar-refractivity contribution in [3.05, 3.63) is 29.8 Å². The molecule has 3 nitrogen and oxygen atoms in total. The van der Waals surface area contributed by atoms with Crippen LogP contribution in [0.1, 0.15) is 32.8 Å². The first-order valence-corrected chi connectivity index (χ1v) is 7.23. The van der Waals surface area contributed by atoms with Crippen molar-refractivity contribution in [3.63, 3.8) is 0 Å². The van der Waals surface area contributed by atoms with E-state index >= 15 is 0 Å². The van der Waals surface area contributed by atoms with Crippen LogP contribution in [0.25, 0.3) is 0 Å². The molecule has 0 aliphatic heterocycles. The Morgan fingerprint density at radius 2 is 1.89 bits per heavy atom. The summed E-state index contributed by atoms with van der Waals surface area (Å²) in [4.78, 5) is 0. The minimum absolute atomic E-state index is 0.612. The van der Waals surface area contributed by atoms with E-state index in [1.165, 1.54) is 5.56 Å². The first kappa shape index (κ1) is 16.0. The number of benzene rings is 1. The van der Waals surface area contributed by atoms with Crippen molar-refractivity contribution in [1.29, 1.82) is 0 Å². The number of ether oxygens (including phenoxy) is 2. The minimum atomic E-state index is 0.612. The van der Waals surface area contributed by atoms with Crippen LogP contribution in [0, 0.1) is 5.92 Å². The van der Waals surface area contributed by atoms with E-state index in [9.17, 15) is 0 Å². The van der Waals surface area contributed by atoms with E-state index < -0.39 is 0 Å². The van der Waals surface area contributed by atoms with Gasteiger partial charge >= 0.3 is 0 Å². The minimum Gasteiger partial charge on any atom is -0.491 e. The van der Waals surface area contributed by atoms with Gasteiger partial charge in [0.1, 0.15) is 12.4 Å². The maximum absolute atomic E-state index is 5.78. The van der Waals surface area contributed by atoms with E-state index in [-0.39, 0.29) is 0 Å². The summed E-state index contributed by atoms with van der Waals surface area (Å²) in [7, 11) is 0. The Morgan fingerprint density at radius 1 is 1.11 bits per heavy atom. The van der Waals surface area contributed by atoms with E-state index in [1.54, 1.807) is 0 Å². The van der Waals surface area contributed by atoms with Gasteiger partial charge in [0.2, 0.25) is 0 Å². The largest absolute Gasteiger partial charge is 0.491 e. The molecule has 0 saturated heterocycles. The predicted molar refractivity (Wildman–Crippen MR) is 79.6 cm³/mol. The van der Waals surface area contributed by atoms with Crippen LogP contribution in [0.3, 0.4) is 0 Å². The molecule has 0 atom stereocenters. The highest BCUT2D eigenvalue weighted by molar-refractivity contribution is 5.33. The van der Waals surface area contributed by atoms with E-state index in [2.05, 4.69) is 32.2 Å². The molecule has 0 saturated carbocycles. The maximum Gasteiger partial charge on any atom is 0.123 e. The van der Waals surface area contributed by atoms with E-state index in [4.69, 9.17) is 9.47 Å². The van der Waals surface area contributed by atoms with Crippen molar-refractivity contribution in [2.75, 3.05) is 26.4 Å². The monoisotopic (exact) mass is 265 g/mol. The van der Waals surface area contributed by atoms with Crippen LogP contribution < -0.4 is 10.1 Å².